The molecule has 2 aliphatic heterocycles. The van der Waals surface area contributed by atoms with E-state index in [4.69, 9.17) is 9.47 Å². The molecule has 2 N–H and O–H groups in total. The summed E-state index contributed by atoms with van der Waals surface area (Å²) in [5.74, 6) is -4.57. The maximum Gasteiger partial charge on any atom is 0.334 e. The Morgan fingerprint density at radius 3 is 2.21 bits per heavy atom. The van der Waals surface area contributed by atoms with Gasteiger partial charge in [0.15, 0.2) is 5.78 Å². The third kappa shape index (κ3) is 2.68. The number of Topliss-reactive ketones (excluding diaryl/α,β-unsaturated/α-hetero) is 2. The minimum absolute atomic E-state index is 0.105. The largest absolute Gasteiger partial charge is 0.458 e. The minimum atomic E-state index is -1.36. The second kappa shape index (κ2) is 7.63. The third-order valence-corrected chi connectivity index (χ3v) is 11.2. The van der Waals surface area contributed by atoms with Crippen LogP contribution in [-0.2, 0) is 28.7 Å². The SMILES string of the molecule is C=C1C(=O)O[C@@H]2[C@@H]3C4=C(C(=O)[C@H]3CO)[C@]3(CC[C@]4(O)CC[C@@H]12)C(=O)C[C@H]1C(=C)CC[C@H]2C(=C)C(=O)O[C@@H]2[C@H]13. The Balaban J connectivity index is 1.47. The number of aliphatic hydroxyl groups excluding tert-OH is 1. The van der Waals surface area contributed by atoms with Crippen LogP contribution in [0.25, 0.3) is 0 Å². The second-order valence-corrected chi connectivity index (χ2v) is 12.5. The van der Waals surface area contributed by atoms with Crippen molar-refractivity contribution < 1.29 is 38.9 Å². The summed E-state index contributed by atoms with van der Waals surface area (Å²) in [7, 11) is 0. The Labute approximate surface area is 220 Å². The van der Waals surface area contributed by atoms with Crippen LogP contribution >= 0.6 is 0 Å². The second-order valence-electron chi connectivity index (χ2n) is 12.5. The molecule has 0 radical (unpaired) electrons. The van der Waals surface area contributed by atoms with E-state index in [2.05, 4.69) is 19.7 Å². The first-order valence-electron chi connectivity index (χ1n) is 13.7. The Hall–Kier alpha value is -2.84. The van der Waals surface area contributed by atoms with Crippen LogP contribution in [-0.4, -0.2) is 58.1 Å². The number of hydrogen-bond acceptors (Lipinski definition) is 8. The summed E-state index contributed by atoms with van der Waals surface area (Å²) in [6, 6.07) is 0. The van der Waals surface area contributed by atoms with Crippen molar-refractivity contribution in [2.75, 3.05) is 6.61 Å². The molecule has 8 heteroatoms. The number of rotatable bonds is 1. The lowest BCUT2D eigenvalue weighted by Gasteiger charge is -2.47. The first kappa shape index (κ1) is 24.2. The molecule has 2 saturated heterocycles. The van der Waals surface area contributed by atoms with Gasteiger partial charge in [-0.1, -0.05) is 25.3 Å². The molecule has 0 bridgehead atoms. The molecule has 7 rings (SSSR count). The van der Waals surface area contributed by atoms with Crippen LogP contribution in [0.15, 0.2) is 47.6 Å². The number of carbonyl (C=O) groups excluding carboxylic acids is 4. The topological polar surface area (TPSA) is 127 Å². The van der Waals surface area contributed by atoms with Gasteiger partial charge in [-0.25, -0.2) is 9.59 Å². The Morgan fingerprint density at radius 2 is 1.53 bits per heavy atom. The molecule has 3 saturated carbocycles. The van der Waals surface area contributed by atoms with Gasteiger partial charge in [-0.05, 0) is 50.0 Å². The predicted octanol–water partition coefficient (Wildman–Crippen LogP) is 2.15. The van der Waals surface area contributed by atoms with Gasteiger partial charge in [0, 0.05) is 46.8 Å². The third-order valence-electron chi connectivity index (χ3n) is 11.2. The zero-order valence-electron chi connectivity index (χ0n) is 21.2. The van der Waals surface area contributed by atoms with Crippen molar-refractivity contribution in [1.29, 1.82) is 0 Å². The normalized spacial score (nSPS) is 47.5. The molecule has 5 fully saturated rings. The van der Waals surface area contributed by atoms with Gasteiger partial charge in [0.1, 0.15) is 18.0 Å². The molecule has 2 heterocycles. The molecule has 0 aromatic carbocycles. The van der Waals surface area contributed by atoms with Crippen molar-refractivity contribution >= 4 is 23.5 Å². The summed E-state index contributed by atoms with van der Waals surface area (Å²) >= 11 is 0. The highest BCUT2D eigenvalue weighted by Gasteiger charge is 2.71. The quantitative estimate of drug-likeness (QED) is 0.306. The zero-order chi connectivity index (χ0) is 26.9. The number of ether oxygens (including phenoxy) is 2. The maximum atomic E-state index is 14.3. The molecular formula is C30H32O8. The van der Waals surface area contributed by atoms with E-state index in [1.54, 1.807) is 0 Å². The van der Waals surface area contributed by atoms with E-state index in [1.165, 1.54) is 0 Å². The number of allylic oxidation sites excluding steroid dienone is 2. The molecule has 10 atom stereocenters. The van der Waals surface area contributed by atoms with Crippen molar-refractivity contribution in [1.82, 2.24) is 0 Å². The highest BCUT2D eigenvalue weighted by atomic mass is 16.6. The summed E-state index contributed by atoms with van der Waals surface area (Å²) in [6.07, 6.45) is 1.36. The summed E-state index contributed by atoms with van der Waals surface area (Å²) in [4.78, 5) is 53.7. The Morgan fingerprint density at radius 1 is 0.868 bits per heavy atom. The number of aliphatic hydroxyl groups is 2. The van der Waals surface area contributed by atoms with Gasteiger partial charge in [0.2, 0.25) is 0 Å². The van der Waals surface area contributed by atoms with Crippen molar-refractivity contribution in [3.8, 4) is 0 Å². The zero-order valence-corrected chi connectivity index (χ0v) is 21.2. The average Bonchev–Trinajstić information content (AvgIpc) is 3.48. The molecule has 0 aromatic heterocycles. The van der Waals surface area contributed by atoms with Crippen LogP contribution in [0.5, 0.6) is 0 Å². The van der Waals surface area contributed by atoms with Gasteiger partial charge < -0.3 is 19.7 Å². The lowest BCUT2D eigenvalue weighted by molar-refractivity contribution is -0.146. The first-order valence-corrected chi connectivity index (χ1v) is 13.7. The van der Waals surface area contributed by atoms with Gasteiger partial charge in [-0.15, -0.1) is 0 Å². The first-order chi connectivity index (χ1) is 18.0. The monoisotopic (exact) mass is 520 g/mol. The molecule has 0 aromatic rings. The number of hydrogen-bond donors (Lipinski definition) is 2. The van der Waals surface area contributed by atoms with Crippen LogP contribution in [0.2, 0.25) is 0 Å². The summed E-state index contributed by atoms with van der Waals surface area (Å²) < 4.78 is 11.7. The van der Waals surface area contributed by atoms with Crippen molar-refractivity contribution in [2.45, 2.75) is 62.8 Å². The van der Waals surface area contributed by atoms with Gasteiger partial charge >= 0.3 is 11.9 Å². The summed E-state index contributed by atoms with van der Waals surface area (Å²) in [5, 5.41) is 22.6. The predicted molar refractivity (Wildman–Crippen MR) is 132 cm³/mol. The van der Waals surface area contributed by atoms with Gasteiger partial charge in [0.25, 0.3) is 0 Å². The fourth-order valence-corrected chi connectivity index (χ4v) is 9.43. The fourth-order valence-electron chi connectivity index (χ4n) is 9.43. The fraction of sp³-hybridized carbons (Fsp3) is 0.600. The minimum Gasteiger partial charge on any atom is -0.458 e. The van der Waals surface area contributed by atoms with Gasteiger partial charge in [-0.2, -0.15) is 0 Å². The molecule has 0 unspecified atom stereocenters. The van der Waals surface area contributed by atoms with Crippen LogP contribution in [0.1, 0.15) is 44.9 Å². The lowest BCUT2D eigenvalue weighted by Crippen LogP contribution is -2.51. The molecular weight excluding hydrogens is 488 g/mol. The molecule has 7 aliphatic rings. The van der Waals surface area contributed by atoms with E-state index < -0.39 is 59.5 Å². The van der Waals surface area contributed by atoms with E-state index in [1.807, 2.05) is 0 Å². The molecule has 38 heavy (non-hydrogen) atoms. The van der Waals surface area contributed by atoms with Crippen LogP contribution in [0.4, 0.5) is 0 Å². The van der Waals surface area contributed by atoms with Gasteiger partial charge in [-0.3, -0.25) is 9.59 Å². The van der Waals surface area contributed by atoms with Crippen molar-refractivity contribution in [2.24, 2.45) is 40.9 Å². The van der Waals surface area contributed by atoms with E-state index in [0.29, 0.717) is 42.4 Å². The maximum absolute atomic E-state index is 14.3. The van der Waals surface area contributed by atoms with Crippen molar-refractivity contribution in [3.63, 3.8) is 0 Å². The molecule has 1 spiro atoms. The number of ketones is 2. The van der Waals surface area contributed by atoms with Crippen LogP contribution < -0.4 is 0 Å². The van der Waals surface area contributed by atoms with Gasteiger partial charge in [0.05, 0.1) is 23.5 Å². The number of fused-ring (bicyclic) bond motifs is 7. The summed E-state index contributed by atoms with van der Waals surface area (Å²) in [5.41, 5.74) is -0.298. The van der Waals surface area contributed by atoms with E-state index in [0.717, 1.165) is 5.57 Å². The van der Waals surface area contributed by atoms with E-state index in [-0.39, 0.29) is 54.2 Å². The molecule has 0 amide bonds. The number of esters is 2. The Bertz CT molecular complexity index is 1300. The molecule has 8 nitrogen and oxygen atoms in total. The van der Waals surface area contributed by atoms with E-state index >= 15 is 0 Å². The highest BCUT2D eigenvalue weighted by molar-refractivity contribution is 6.10. The van der Waals surface area contributed by atoms with Crippen molar-refractivity contribution in [3.05, 3.63) is 47.6 Å². The summed E-state index contributed by atoms with van der Waals surface area (Å²) in [6.45, 7) is 11.7. The van der Waals surface area contributed by atoms with Crippen LogP contribution in [0, 0.1) is 40.9 Å². The molecule has 200 valence electrons. The van der Waals surface area contributed by atoms with E-state index in [9.17, 15) is 29.4 Å². The highest BCUT2D eigenvalue weighted by Crippen LogP contribution is 2.68. The molecule has 5 aliphatic carbocycles. The van der Waals surface area contributed by atoms with Crippen LogP contribution in [0.3, 0.4) is 0 Å². The average molecular weight is 521 g/mol. The standard InChI is InChI=1S/C30H32O8/c1-12-4-5-15-13(2)28(35)38-26(15)21-17(12)10-19(32)30(21)9-8-29(36)7-6-16-14(3)27(34)37-25(16)20-18(11-31)24(33)23(30)22(20)29/h15-18,20-21,25-26,31,36H,1-11H2/t15-,16-,17-,18-,20-,21-,25-,26-,29+,30+/m0/s1. The number of carbonyl (C=O) groups is 4. The lowest BCUT2D eigenvalue weighted by atomic mass is 9.56. The smallest absolute Gasteiger partial charge is 0.334 e. The Kier molecular flexibility index (Phi) is 4.86.